The van der Waals surface area contributed by atoms with Crippen molar-refractivity contribution in [3.05, 3.63) is 5.28 Å². The first-order chi connectivity index (χ1) is 8.22. The van der Waals surface area contributed by atoms with E-state index in [4.69, 9.17) is 11.6 Å². The standard InChI is InChI=1S/C10H16ClN5S/c1-3-7-6-16(4-5-17-7)10-14-8(11)13-9(12-2)15-10/h7H,3-6H2,1-2H3,(H,12,13,14,15). The first-order valence-corrected chi connectivity index (χ1v) is 7.11. The molecule has 1 aromatic heterocycles. The maximum atomic E-state index is 5.88. The van der Waals surface area contributed by atoms with Crippen LogP contribution in [-0.4, -0.2) is 46.1 Å². The number of hydrogen-bond acceptors (Lipinski definition) is 6. The van der Waals surface area contributed by atoms with Crippen LogP contribution in [-0.2, 0) is 0 Å². The number of hydrogen-bond donors (Lipinski definition) is 1. The second-order valence-corrected chi connectivity index (χ2v) is 5.57. The van der Waals surface area contributed by atoms with Crippen molar-refractivity contribution in [2.75, 3.05) is 36.1 Å². The number of anilines is 2. The number of nitrogens with one attached hydrogen (secondary N) is 1. The van der Waals surface area contributed by atoms with Gasteiger partial charge in [0.15, 0.2) is 0 Å². The van der Waals surface area contributed by atoms with Gasteiger partial charge in [-0.15, -0.1) is 0 Å². The molecule has 1 aliphatic rings. The summed E-state index contributed by atoms with van der Waals surface area (Å²) in [5.41, 5.74) is 0. The molecule has 0 aliphatic carbocycles. The summed E-state index contributed by atoms with van der Waals surface area (Å²) in [7, 11) is 1.77. The maximum absolute atomic E-state index is 5.88. The Bertz CT molecular complexity index is 389. The van der Waals surface area contributed by atoms with Gasteiger partial charge in [0.25, 0.3) is 0 Å². The zero-order valence-corrected chi connectivity index (χ0v) is 11.6. The van der Waals surface area contributed by atoms with Crippen molar-refractivity contribution in [2.24, 2.45) is 0 Å². The Hall–Kier alpha value is -0.750. The highest BCUT2D eigenvalue weighted by Gasteiger charge is 2.21. The predicted octanol–water partition coefficient (Wildman–Crippen LogP) is 1.90. The molecule has 5 nitrogen and oxygen atoms in total. The Balaban J connectivity index is 2.18. The number of nitrogens with zero attached hydrogens (tertiary/aromatic N) is 4. The molecule has 1 unspecified atom stereocenters. The molecule has 0 bridgehead atoms. The Labute approximate surface area is 110 Å². The fourth-order valence-corrected chi connectivity index (χ4v) is 3.08. The quantitative estimate of drug-likeness (QED) is 0.908. The van der Waals surface area contributed by atoms with Gasteiger partial charge in [-0.25, -0.2) is 0 Å². The summed E-state index contributed by atoms with van der Waals surface area (Å²) in [6, 6.07) is 0. The first kappa shape index (κ1) is 12.7. The average Bonchev–Trinajstić information content (AvgIpc) is 2.38. The van der Waals surface area contributed by atoms with Gasteiger partial charge >= 0.3 is 0 Å². The molecule has 0 amide bonds. The molecule has 1 atom stereocenters. The summed E-state index contributed by atoms with van der Waals surface area (Å²) in [6.45, 7) is 4.15. The lowest BCUT2D eigenvalue weighted by molar-refractivity contribution is 0.707. The van der Waals surface area contributed by atoms with Crippen molar-refractivity contribution in [1.82, 2.24) is 15.0 Å². The maximum Gasteiger partial charge on any atom is 0.231 e. The molecule has 1 N–H and O–H groups in total. The van der Waals surface area contributed by atoms with Gasteiger partial charge in [-0.1, -0.05) is 6.92 Å². The van der Waals surface area contributed by atoms with Gasteiger partial charge in [-0.05, 0) is 18.0 Å². The van der Waals surface area contributed by atoms with E-state index < -0.39 is 0 Å². The lowest BCUT2D eigenvalue weighted by Gasteiger charge is -2.31. The Morgan fingerprint density at radius 2 is 2.29 bits per heavy atom. The van der Waals surface area contributed by atoms with Gasteiger partial charge in [-0.2, -0.15) is 26.7 Å². The van der Waals surface area contributed by atoms with E-state index in [0.29, 0.717) is 17.1 Å². The van der Waals surface area contributed by atoms with Crippen LogP contribution in [0, 0.1) is 0 Å². The normalized spacial score (nSPS) is 20.4. The SMILES string of the molecule is CCC1CN(c2nc(Cl)nc(NC)n2)CCS1. The van der Waals surface area contributed by atoms with Crippen LogP contribution < -0.4 is 10.2 Å². The first-order valence-electron chi connectivity index (χ1n) is 5.68. The molecule has 1 aliphatic heterocycles. The number of thioether (sulfide) groups is 1. The topological polar surface area (TPSA) is 53.9 Å². The summed E-state index contributed by atoms with van der Waals surface area (Å²) in [6.07, 6.45) is 1.17. The zero-order chi connectivity index (χ0) is 12.3. The van der Waals surface area contributed by atoms with Crippen LogP contribution in [0.2, 0.25) is 5.28 Å². The van der Waals surface area contributed by atoms with Gasteiger partial charge in [0, 0.05) is 31.1 Å². The third-order valence-corrected chi connectivity index (χ3v) is 4.24. The molecule has 1 aromatic rings. The third kappa shape index (κ3) is 3.13. The molecule has 2 heterocycles. The van der Waals surface area contributed by atoms with Gasteiger partial charge in [0.2, 0.25) is 17.2 Å². The highest BCUT2D eigenvalue weighted by molar-refractivity contribution is 8.00. The van der Waals surface area contributed by atoms with Gasteiger partial charge in [-0.3, -0.25) is 0 Å². The zero-order valence-electron chi connectivity index (χ0n) is 9.98. The van der Waals surface area contributed by atoms with Crippen LogP contribution >= 0.6 is 23.4 Å². The van der Waals surface area contributed by atoms with E-state index in [-0.39, 0.29) is 5.28 Å². The molecule has 0 radical (unpaired) electrons. The van der Waals surface area contributed by atoms with Crippen molar-refractivity contribution in [1.29, 1.82) is 0 Å². The second-order valence-electron chi connectivity index (χ2n) is 3.83. The van der Waals surface area contributed by atoms with Crippen LogP contribution in [0.5, 0.6) is 0 Å². The van der Waals surface area contributed by atoms with Crippen LogP contribution in [0.3, 0.4) is 0 Å². The molecule has 7 heteroatoms. The molecular weight excluding hydrogens is 258 g/mol. The van der Waals surface area contributed by atoms with Gasteiger partial charge < -0.3 is 10.2 Å². The molecule has 94 valence electrons. The number of aromatic nitrogens is 3. The summed E-state index contributed by atoms with van der Waals surface area (Å²) >= 11 is 7.90. The molecule has 1 saturated heterocycles. The average molecular weight is 274 g/mol. The van der Waals surface area contributed by atoms with Gasteiger partial charge in [0.1, 0.15) is 0 Å². The monoisotopic (exact) mass is 273 g/mol. The second kappa shape index (κ2) is 5.73. The lowest BCUT2D eigenvalue weighted by Crippen LogP contribution is -2.38. The van der Waals surface area contributed by atoms with Crippen LogP contribution in [0.1, 0.15) is 13.3 Å². The van der Waals surface area contributed by atoms with Crippen molar-refractivity contribution >= 4 is 35.3 Å². The van der Waals surface area contributed by atoms with E-state index in [0.717, 1.165) is 18.8 Å². The summed E-state index contributed by atoms with van der Waals surface area (Å²) in [5, 5.41) is 3.79. The van der Waals surface area contributed by atoms with E-state index >= 15 is 0 Å². The van der Waals surface area contributed by atoms with Crippen LogP contribution in [0.15, 0.2) is 0 Å². The van der Waals surface area contributed by atoms with Crippen molar-refractivity contribution in [3.8, 4) is 0 Å². The molecule has 0 spiro atoms. The van der Waals surface area contributed by atoms with Gasteiger partial charge in [0.05, 0.1) is 0 Å². The minimum Gasteiger partial charge on any atom is -0.357 e. The Morgan fingerprint density at radius 1 is 1.47 bits per heavy atom. The van der Waals surface area contributed by atoms with Crippen LogP contribution in [0.4, 0.5) is 11.9 Å². The smallest absolute Gasteiger partial charge is 0.231 e. The van der Waals surface area contributed by atoms with E-state index in [1.807, 2.05) is 11.8 Å². The minimum atomic E-state index is 0.241. The van der Waals surface area contributed by atoms with E-state index in [1.54, 1.807) is 7.05 Å². The van der Waals surface area contributed by atoms with Crippen molar-refractivity contribution in [3.63, 3.8) is 0 Å². The van der Waals surface area contributed by atoms with E-state index in [1.165, 1.54) is 6.42 Å². The highest BCUT2D eigenvalue weighted by Crippen LogP contribution is 2.24. The number of rotatable bonds is 3. The molecule has 0 aromatic carbocycles. The molecule has 17 heavy (non-hydrogen) atoms. The largest absolute Gasteiger partial charge is 0.357 e. The Morgan fingerprint density at radius 3 is 3.00 bits per heavy atom. The third-order valence-electron chi connectivity index (χ3n) is 2.70. The van der Waals surface area contributed by atoms with Crippen molar-refractivity contribution in [2.45, 2.75) is 18.6 Å². The molecule has 0 saturated carbocycles. The van der Waals surface area contributed by atoms with Crippen LogP contribution in [0.25, 0.3) is 0 Å². The highest BCUT2D eigenvalue weighted by atomic mass is 35.5. The molecule has 2 rings (SSSR count). The minimum absolute atomic E-state index is 0.241. The molecular formula is C10H16ClN5S. The number of halogens is 1. The predicted molar refractivity (Wildman–Crippen MR) is 73.1 cm³/mol. The Kier molecular flexibility index (Phi) is 4.28. The summed E-state index contributed by atoms with van der Waals surface area (Å²) in [4.78, 5) is 14.7. The van der Waals surface area contributed by atoms with Crippen molar-refractivity contribution < 1.29 is 0 Å². The molecule has 1 fully saturated rings. The fraction of sp³-hybridized carbons (Fsp3) is 0.700. The fourth-order valence-electron chi connectivity index (χ4n) is 1.74. The van der Waals surface area contributed by atoms with E-state index in [2.05, 4.69) is 32.1 Å². The summed E-state index contributed by atoms with van der Waals surface area (Å²) in [5.74, 6) is 2.30. The van der Waals surface area contributed by atoms with E-state index in [9.17, 15) is 0 Å². The summed E-state index contributed by atoms with van der Waals surface area (Å²) < 4.78 is 0. The lowest BCUT2D eigenvalue weighted by atomic mass is 10.3.